The van der Waals surface area contributed by atoms with Crippen LogP contribution in [-0.2, 0) is 5.41 Å². The lowest BCUT2D eigenvalue weighted by molar-refractivity contribution is 0.470. The summed E-state index contributed by atoms with van der Waals surface area (Å²) in [6, 6.07) is 20.9. The van der Waals surface area contributed by atoms with Crippen LogP contribution in [0.1, 0.15) is 49.3 Å². The molecule has 2 aromatic rings. The summed E-state index contributed by atoms with van der Waals surface area (Å²) < 4.78 is 0. The van der Waals surface area contributed by atoms with Crippen molar-refractivity contribution in [3.05, 3.63) is 89.5 Å². The zero-order valence-electron chi connectivity index (χ0n) is 14.2. The van der Waals surface area contributed by atoms with E-state index in [4.69, 9.17) is 5.26 Å². The molecule has 0 saturated carbocycles. The average Bonchev–Trinajstić information content (AvgIpc) is 2.67. The number of nitriles is 1. The van der Waals surface area contributed by atoms with Gasteiger partial charge in [-0.05, 0) is 41.7 Å². The maximum absolute atomic E-state index is 8.94. The fourth-order valence-corrected chi connectivity index (χ4v) is 3.43. The van der Waals surface area contributed by atoms with E-state index >= 15 is 0 Å². The number of hydrogen-bond acceptors (Lipinski definition) is 1. The van der Waals surface area contributed by atoms with Crippen molar-refractivity contribution >= 4 is 5.57 Å². The molecule has 0 spiro atoms. The van der Waals surface area contributed by atoms with Gasteiger partial charge in [0.05, 0.1) is 11.6 Å². The largest absolute Gasteiger partial charge is 0.192 e. The van der Waals surface area contributed by atoms with Crippen LogP contribution >= 0.6 is 0 Å². The Balaban J connectivity index is 1.87. The average molecular weight is 313 g/mol. The maximum atomic E-state index is 8.94. The number of rotatable bonds is 5. The van der Waals surface area contributed by atoms with Crippen LogP contribution in [0.5, 0.6) is 0 Å². The van der Waals surface area contributed by atoms with Gasteiger partial charge >= 0.3 is 0 Å². The first-order valence-electron chi connectivity index (χ1n) is 8.73. The number of benzene rings is 2. The van der Waals surface area contributed by atoms with Crippen LogP contribution in [0.2, 0.25) is 0 Å². The van der Waals surface area contributed by atoms with Gasteiger partial charge in [0, 0.05) is 5.41 Å². The highest BCUT2D eigenvalue weighted by Gasteiger charge is 2.29. The Morgan fingerprint density at radius 3 is 2.38 bits per heavy atom. The van der Waals surface area contributed by atoms with Gasteiger partial charge in [0.25, 0.3) is 0 Å². The normalized spacial score (nSPS) is 19.6. The summed E-state index contributed by atoms with van der Waals surface area (Å²) in [4.78, 5) is 0. The second-order valence-electron chi connectivity index (χ2n) is 6.51. The first-order valence-corrected chi connectivity index (χ1v) is 8.73. The second kappa shape index (κ2) is 7.32. The van der Waals surface area contributed by atoms with Crippen molar-refractivity contribution in [3.8, 4) is 6.07 Å². The van der Waals surface area contributed by atoms with E-state index in [9.17, 15) is 0 Å². The maximum Gasteiger partial charge on any atom is 0.0991 e. The molecule has 1 heteroatoms. The van der Waals surface area contributed by atoms with Crippen molar-refractivity contribution in [2.45, 2.75) is 38.0 Å². The Morgan fingerprint density at radius 2 is 1.79 bits per heavy atom. The third-order valence-corrected chi connectivity index (χ3v) is 4.94. The number of hydrogen-bond donors (Lipinski definition) is 0. The molecule has 1 atom stereocenters. The number of allylic oxidation sites excluding steroid dienone is 4. The van der Waals surface area contributed by atoms with E-state index in [-0.39, 0.29) is 5.41 Å². The monoisotopic (exact) mass is 313 g/mol. The molecule has 0 N–H and O–H groups in total. The molecule has 2 aromatic carbocycles. The molecule has 0 amide bonds. The summed E-state index contributed by atoms with van der Waals surface area (Å²) in [5.41, 5.74) is 4.67. The number of nitrogens with zero attached hydrogens (tertiary/aromatic N) is 1. The molecular formula is C23H23N. The summed E-state index contributed by atoms with van der Waals surface area (Å²) >= 11 is 0. The minimum Gasteiger partial charge on any atom is -0.192 e. The van der Waals surface area contributed by atoms with E-state index in [0.717, 1.165) is 6.42 Å². The van der Waals surface area contributed by atoms with E-state index in [1.165, 1.54) is 36.0 Å². The summed E-state index contributed by atoms with van der Waals surface area (Å²) in [5, 5.41) is 8.94. The van der Waals surface area contributed by atoms with E-state index in [0.29, 0.717) is 5.56 Å². The van der Waals surface area contributed by atoms with Gasteiger partial charge in [-0.25, -0.2) is 0 Å². The minimum absolute atomic E-state index is 0.118. The summed E-state index contributed by atoms with van der Waals surface area (Å²) in [7, 11) is 0. The van der Waals surface area contributed by atoms with Gasteiger partial charge in [-0.15, -0.1) is 0 Å². The lowest BCUT2D eigenvalue weighted by atomic mass is 9.70. The molecule has 24 heavy (non-hydrogen) atoms. The molecule has 0 saturated heterocycles. The van der Waals surface area contributed by atoms with E-state index < -0.39 is 0 Å². The Hall–Kier alpha value is -2.59. The fourth-order valence-electron chi connectivity index (χ4n) is 3.43. The van der Waals surface area contributed by atoms with E-state index in [1.807, 2.05) is 24.3 Å². The van der Waals surface area contributed by atoms with Gasteiger partial charge in [0.2, 0.25) is 0 Å². The molecule has 3 rings (SSSR count). The molecule has 0 fully saturated rings. The Morgan fingerprint density at radius 1 is 1.04 bits per heavy atom. The van der Waals surface area contributed by atoms with E-state index in [1.54, 1.807) is 0 Å². The topological polar surface area (TPSA) is 23.8 Å². The molecule has 0 bridgehead atoms. The zero-order chi connectivity index (χ0) is 16.8. The van der Waals surface area contributed by atoms with Crippen molar-refractivity contribution in [3.63, 3.8) is 0 Å². The Labute approximate surface area is 145 Å². The molecule has 1 unspecified atom stereocenters. The standard InChI is InChI=1S/C23H23N/c1-2-3-15-23(22-7-5-4-6-8-22)16-13-21(14-17-23)20-11-9-19(18-24)10-12-20/h4-14,16H,2-3,15,17H2,1H3. The van der Waals surface area contributed by atoms with Crippen LogP contribution in [0.3, 0.4) is 0 Å². The van der Waals surface area contributed by atoms with Crippen molar-refractivity contribution in [1.82, 2.24) is 0 Å². The highest BCUT2D eigenvalue weighted by atomic mass is 14.3. The predicted octanol–water partition coefficient (Wildman–Crippen LogP) is 6.03. The van der Waals surface area contributed by atoms with Crippen molar-refractivity contribution in [1.29, 1.82) is 5.26 Å². The van der Waals surface area contributed by atoms with Gasteiger partial charge in [0.1, 0.15) is 0 Å². The van der Waals surface area contributed by atoms with Crippen LogP contribution in [0.4, 0.5) is 0 Å². The second-order valence-corrected chi connectivity index (χ2v) is 6.51. The van der Waals surface area contributed by atoms with Crippen molar-refractivity contribution < 1.29 is 0 Å². The van der Waals surface area contributed by atoms with Crippen LogP contribution in [-0.4, -0.2) is 0 Å². The van der Waals surface area contributed by atoms with Crippen molar-refractivity contribution in [2.75, 3.05) is 0 Å². The molecular weight excluding hydrogens is 290 g/mol. The Bertz CT molecular complexity index is 775. The molecule has 0 aliphatic heterocycles. The minimum atomic E-state index is 0.118. The van der Waals surface area contributed by atoms with Crippen LogP contribution in [0.25, 0.3) is 5.57 Å². The summed E-state index contributed by atoms with van der Waals surface area (Å²) in [6.45, 7) is 2.25. The Kier molecular flexibility index (Phi) is 4.96. The third-order valence-electron chi connectivity index (χ3n) is 4.94. The van der Waals surface area contributed by atoms with Gasteiger partial charge in [-0.2, -0.15) is 5.26 Å². The van der Waals surface area contributed by atoms with Gasteiger partial charge in [-0.1, -0.05) is 80.5 Å². The van der Waals surface area contributed by atoms with Gasteiger partial charge in [0.15, 0.2) is 0 Å². The van der Waals surface area contributed by atoms with Gasteiger partial charge in [-0.3, -0.25) is 0 Å². The third kappa shape index (κ3) is 3.34. The van der Waals surface area contributed by atoms with E-state index in [2.05, 4.69) is 61.6 Å². The van der Waals surface area contributed by atoms with Gasteiger partial charge < -0.3 is 0 Å². The molecule has 1 aliphatic rings. The number of unbranched alkanes of at least 4 members (excludes halogenated alkanes) is 1. The first kappa shape index (κ1) is 16.3. The highest BCUT2D eigenvalue weighted by Crippen LogP contribution is 2.40. The quantitative estimate of drug-likeness (QED) is 0.661. The summed E-state index contributed by atoms with van der Waals surface area (Å²) in [6.07, 6.45) is 11.7. The van der Waals surface area contributed by atoms with Crippen molar-refractivity contribution in [2.24, 2.45) is 0 Å². The molecule has 0 heterocycles. The molecule has 120 valence electrons. The van der Waals surface area contributed by atoms with Crippen LogP contribution in [0.15, 0.2) is 72.8 Å². The lowest BCUT2D eigenvalue weighted by Crippen LogP contribution is -2.24. The summed E-state index contributed by atoms with van der Waals surface area (Å²) in [5.74, 6) is 0. The zero-order valence-corrected chi connectivity index (χ0v) is 14.2. The fraction of sp³-hybridized carbons (Fsp3) is 0.261. The van der Waals surface area contributed by atoms with Crippen LogP contribution < -0.4 is 0 Å². The molecule has 1 aliphatic carbocycles. The smallest absolute Gasteiger partial charge is 0.0991 e. The van der Waals surface area contributed by atoms with Crippen LogP contribution in [0, 0.1) is 11.3 Å². The molecule has 0 aromatic heterocycles. The molecule has 1 nitrogen and oxygen atoms in total. The first-order chi connectivity index (χ1) is 11.8. The SMILES string of the molecule is CCCCC1(c2ccccc2)C=CC(c2ccc(C#N)cc2)=CC1. The highest BCUT2D eigenvalue weighted by molar-refractivity contribution is 5.76. The molecule has 0 radical (unpaired) electrons. The lowest BCUT2D eigenvalue weighted by Gasteiger charge is -2.33. The predicted molar refractivity (Wildman–Crippen MR) is 101 cm³/mol.